The van der Waals surface area contributed by atoms with Crippen LogP contribution in [0.2, 0.25) is 0 Å². The lowest BCUT2D eigenvalue weighted by Crippen LogP contribution is -1.95. The van der Waals surface area contributed by atoms with Crippen molar-refractivity contribution in [3.63, 3.8) is 0 Å². The van der Waals surface area contributed by atoms with Crippen LogP contribution in [0.4, 0.5) is 28.9 Å². The van der Waals surface area contributed by atoms with Crippen LogP contribution in [0.25, 0.3) is 0 Å². The smallest absolute Gasteiger partial charge is 0.128 e. The first-order valence-corrected chi connectivity index (χ1v) is 7.32. The van der Waals surface area contributed by atoms with E-state index < -0.39 is 23.3 Å². The Morgan fingerprint density at radius 1 is 0.577 bits per heavy atom. The highest BCUT2D eigenvalue weighted by atomic mass is 19.1. The van der Waals surface area contributed by atoms with Crippen LogP contribution < -0.4 is 0 Å². The molecule has 0 aliphatic rings. The van der Waals surface area contributed by atoms with Crippen molar-refractivity contribution >= 4 is 23.8 Å². The third-order valence-corrected chi connectivity index (χ3v) is 3.09. The zero-order valence-electron chi connectivity index (χ0n) is 13.1. The predicted octanol–water partition coefficient (Wildman–Crippen LogP) is 4.53. The number of aromatic nitrogens is 2. The summed E-state index contributed by atoms with van der Waals surface area (Å²) in [5, 5.41) is 7.72. The van der Waals surface area contributed by atoms with Crippen LogP contribution >= 0.6 is 0 Å². The lowest BCUT2D eigenvalue weighted by atomic mass is 10.3. The minimum absolute atomic E-state index is 0.100. The van der Waals surface area contributed by atoms with E-state index in [2.05, 4.69) is 20.2 Å². The molecule has 0 saturated carbocycles. The van der Waals surface area contributed by atoms with Gasteiger partial charge >= 0.3 is 0 Å². The van der Waals surface area contributed by atoms with Crippen molar-refractivity contribution in [3.8, 4) is 0 Å². The Morgan fingerprint density at radius 2 is 0.923 bits per heavy atom. The fourth-order valence-electron chi connectivity index (χ4n) is 2.00. The molecule has 1 heterocycles. The maximum absolute atomic E-state index is 13.1. The molecule has 0 atom stereocenters. The summed E-state index contributed by atoms with van der Waals surface area (Å²) in [6.45, 7) is 0. The first-order valence-electron chi connectivity index (χ1n) is 7.32. The van der Waals surface area contributed by atoms with Gasteiger partial charge in [0.15, 0.2) is 0 Å². The molecule has 3 aromatic rings. The van der Waals surface area contributed by atoms with Gasteiger partial charge < -0.3 is 0 Å². The zero-order chi connectivity index (χ0) is 18.5. The van der Waals surface area contributed by atoms with Gasteiger partial charge in [0.05, 0.1) is 23.8 Å². The standard InChI is InChI=1S/C18H10F4N4/c19-11-3-12(20)6-17(5-11)23-9-15-1-2-16(26-25-15)10-24-18-7-13(21)4-14(22)8-18/h1-10H. The summed E-state index contributed by atoms with van der Waals surface area (Å²) in [7, 11) is 0. The van der Waals surface area contributed by atoms with Crippen molar-refractivity contribution in [2.75, 3.05) is 0 Å². The molecule has 4 nitrogen and oxygen atoms in total. The van der Waals surface area contributed by atoms with E-state index in [1.54, 1.807) is 12.1 Å². The van der Waals surface area contributed by atoms with Gasteiger partial charge in [0.25, 0.3) is 0 Å². The zero-order valence-corrected chi connectivity index (χ0v) is 13.1. The summed E-state index contributed by atoms with van der Waals surface area (Å²) < 4.78 is 52.3. The van der Waals surface area contributed by atoms with Crippen molar-refractivity contribution < 1.29 is 17.6 Å². The van der Waals surface area contributed by atoms with Gasteiger partial charge in [-0.15, -0.1) is 10.2 Å². The highest BCUT2D eigenvalue weighted by molar-refractivity contribution is 5.82. The molecule has 26 heavy (non-hydrogen) atoms. The summed E-state index contributed by atoms with van der Waals surface area (Å²) in [6, 6.07) is 8.91. The summed E-state index contributed by atoms with van der Waals surface area (Å²) in [4.78, 5) is 7.83. The van der Waals surface area contributed by atoms with Crippen molar-refractivity contribution in [2.45, 2.75) is 0 Å². The van der Waals surface area contributed by atoms with Gasteiger partial charge in [0, 0.05) is 12.1 Å². The first-order chi connectivity index (χ1) is 12.5. The van der Waals surface area contributed by atoms with E-state index in [4.69, 9.17) is 0 Å². The molecule has 0 radical (unpaired) electrons. The summed E-state index contributed by atoms with van der Waals surface area (Å²) >= 11 is 0. The maximum Gasteiger partial charge on any atom is 0.128 e. The van der Waals surface area contributed by atoms with Crippen molar-refractivity contribution in [1.82, 2.24) is 10.2 Å². The highest BCUT2D eigenvalue weighted by Crippen LogP contribution is 2.17. The van der Waals surface area contributed by atoms with Gasteiger partial charge in [-0.1, -0.05) is 0 Å². The molecule has 0 N–H and O–H groups in total. The van der Waals surface area contributed by atoms with Crippen LogP contribution in [0.1, 0.15) is 11.4 Å². The van der Waals surface area contributed by atoms with E-state index in [-0.39, 0.29) is 11.4 Å². The van der Waals surface area contributed by atoms with E-state index >= 15 is 0 Å². The van der Waals surface area contributed by atoms with Gasteiger partial charge in [-0.3, -0.25) is 9.98 Å². The Bertz CT molecular complexity index is 864. The molecule has 0 fully saturated rings. The minimum Gasteiger partial charge on any atom is -0.254 e. The van der Waals surface area contributed by atoms with Crippen LogP contribution in [0.15, 0.2) is 58.5 Å². The van der Waals surface area contributed by atoms with Gasteiger partial charge in [-0.05, 0) is 36.4 Å². The molecular weight excluding hydrogens is 348 g/mol. The van der Waals surface area contributed by atoms with Crippen LogP contribution in [0.5, 0.6) is 0 Å². The molecule has 0 saturated heterocycles. The van der Waals surface area contributed by atoms with Gasteiger partial charge in [0.1, 0.15) is 34.7 Å². The summed E-state index contributed by atoms with van der Waals surface area (Å²) in [5.74, 6) is -2.93. The molecule has 1 aromatic heterocycles. The molecule has 0 spiro atoms. The number of benzene rings is 2. The van der Waals surface area contributed by atoms with E-state index in [9.17, 15) is 17.6 Å². The second-order valence-electron chi connectivity index (χ2n) is 5.15. The normalized spacial score (nSPS) is 11.5. The van der Waals surface area contributed by atoms with Crippen molar-refractivity contribution in [2.24, 2.45) is 9.98 Å². The van der Waals surface area contributed by atoms with E-state index in [0.29, 0.717) is 11.4 Å². The fraction of sp³-hybridized carbons (Fsp3) is 0. The number of hydrogen-bond donors (Lipinski definition) is 0. The van der Waals surface area contributed by atoms with Crippen molar-refractivity contribution in [3.05, 3.63) is 83.2 Å². The molecule has 130 valence electrons. The number of halogens is 4. The van der Waals surface area contributed by atoms with Crippen LogP contribution in [0.3, 0.4) is 0 Å². The van der Waals surface area contributed by atoms with Gasteiger partial charge in [0.2, 0.25) is 0 Å². The fourth-order valence-corrected chi connectivity index (χ4v) is 2.00. The third-order valence-electron chi connectivity index (χ3n) is 3.09. The average molecular weight is 358 g/mol. The number of aliphatic imine (C=N–C) groups is 2. The lowest BCUT2D eigenvalue weighted by molar-refractivity contribution is 0.583. The molecule has 0 aliphatic heterocycles. The van der Waals surface area contributed by atoms with Crippen LogP contribution in [-0.2, 0) is 0 Å². The molecule has 3 rings (SSSR count). The number of hydrogen-bond acceptors (Lipinski definition) is 4. The predicted molar refractivity (Wildman–Crippen MR) is 89.3 cm³/mol. The monoisotopic (exact) mass is 358 g/mol. The Labute approximate surface area is 145 Å². The molecule has 2 aromatic carbocycles. The van der Waals surface area contributed by atoms with Gasteiger partial charge in [-0.25, -0.2) is 17.6 Å². The second-order valence-corrected chi connectivity index (χ2v) is 5.15. The minimum atomic E-state index is -0.733. The topological polar surface area (TPSA) is 50.5 Å². The molecule has 0 aliphatic carbocycles. The lowest BCUT2D eigenvalue weighted by Gasteiger charge is -1.97. The van der Waals surface area contributed by atoms with Crippen LogP contribution in [-0.4, -0.2) is 22.6 Å². The van der Waals surface area contributed by atoms with E-state index in [0.717, 1.165) is 36.4 Å². The third kappa shape index (κ3) is 4.79. The Balaban J connectivity index is 1.71. The maximum atomic E-state index is 13.1. The van der Waals surface area contributed by atoms with E-state index in [1.807, 2.05) is 0 Å². The second kappa shape index (κ2) is 7.64. The van der Waals surface area contributed by atoms with Crippen molar-refractivity contribution in [1.29, 1.82) is 0 Å². The first kappa shape index (κ1) is 17.4. The van der Waals surface area contributed by atoms with E-state index in [1.165, 1.54) is 12.4 Å². The largest absolute Gasteiger partial charge is 0.254 e. The molecule has 8 heteroatoms. The quantitative estimate of drug-likeness (QED) is 0.508. The Kier molecular flexibility index (Phi) is 5.12. The summed E-state index contributed by atoms with van der Waals surface area (Å²) in [5.41, 5.74) is 0.901. The Morgan fingerprint density at radius 3 is 1.23 bits per heavy atom. The average Bonchev–Trinajstić information content (AvgIpc) is 2.57. The van der Waals surface area contributed by atoms with Crippen LogP contribution in [0, 0.1) is 23.3 Å². The van der Waals surface area contributed by atoms with Gasteiger partial charge in [-0.2, -0.15) is 0 Å². The SMILES string of the molecule is Fc1cc(F)cc(N=Cc2ccc(C=Nc3cc(F)cc(F)c3)nn2)c1. The summed E-state index contributed by atoms with van der Waals surface area (Å²) in [6.07, 6.45) is 2.59. The number of rotatable bonds is 4. The number of nitrogens with zero attached hydrogens (tertiary/aromatic N) is 4. The molecule has 0 bridgehead atoms. The molecule has 0 unspecified atom stereocenters. The Hall–Kier alpha value is -3.42. The highest BCUT2D eigenvalue weighted by Gasteiger charge is 2.00. The molecule has 0 amide bonds. The molecular formula is C18H10F4N4.